The van der Waals surface area contributed by atoms with Gasteiger partial charge >= 0.3 is 0 Å². The smallest absolute Gasteiger partial charge is 0.238 e. The number of nitrogens with zero attached hydrogens (tertiary/aromatic N) is 2. The highest BCUT2D eigenvalue weighted by Crippen LogP contribution is 2.29. The van der Waals surface area contributed by atoms with Crippen LogP contribution in [0.15, 0.2) is 30.9 Å². The molecule has 1 aliphatic heterocycles. The number of rotatable bonds is 7. The number of carbonyl (C=O) groups excluding carboxylic acids is 2. The molecule has 1 aliphatic rings. The van der Waals surface area contributed by atoms with Crippen molar-refractivity contribution in [1.29, 1.82) is 0 Å². The molecule has 0 unspecified atom stereocenters. The molecule has 1 heterocycles. The normalized spacial score (nSPS) is 15.6. The summed E-state index contributed by atoms with van der Waals surface area (Å²) in [6, 6.07) is 5.12. The summed E-state index contributed by atoms with van der Waals surface area (Å²) in [4.78, 5) is 28.0. The van der Waals surface area contributed by atoms with Crippen LogP contribution in [0.5, 0.6) is 0 Å². The van der Waals surface area contributed by atoms with Crippen LogP contribution in [-0.4, -0.2) is 67.4 Å². The number of carbonyl (C=O) groups is 2. The molecule has 2 N–H and O–H groups in total. The predicted octanol–water partition coefficient (Wildman–Crippen LogP) is 1.85. The fourth-order valence-corrected chi connectivity index (χ4v) is 2.89. The largest absolute Gasteiger partial charge is 0.352 e. The summed E-state index contributed by atoms with van der Waals surface area (Å²) in [6.07, 6.45) is 1.65. The number of piperazine rings is 1. The van der Waals surface area contributed by atoms with E-state index in [9.17, 15) is 9.59 Å². The van der Waals surface area contributed by atoms with E-state index in [0.29, 0.717) is 28.8 Å². The Morgan fingerprint density at radius 2 is 1.68 bits per heavy atom. The maximum Gasteiger partial charge on any atom is 0.238 e. The topological polar surface area (TPSA) is 64.7 Å². The first-order valence-electron chi connectivity index (χ1n) is 8.05. The van der Waals surface area contributed by atoms with Crippen LogP contribution in [0.25, 0.3) is 0 Å². The molecule has 8 heteroatoms. The minimum atomic E-state index is -0.138. The molecule has 0 aliphatic carbocycles. The average molecular weight is 385 g/mol. The van der Waals surface area contributed by atoms with Gasteiger partial charge in [-0.1, -0.05) is 35.3 Å². The number of anilines is 1. The van der Waals surface area contributed by atoms with Crippen molar-refractivity contribution < 1.29 is 9.59 Å². The molecule has 0 atom stereocenters. The van der Waals surface area contributed by atoms with Gasteiger partial charge in [-0.2, -0.15) is 0 Å². The Morgan fingerprint density at radius 3 is 2.28 bits per heavy atom. The van der Waals surface area contributed by atoms with Crippen molar-refractivity contribution in [2.24, 2.45) is 0 Å². The van der Waals surface area contributed by atoms with Gasteiger partial charge in [0.15, 0.2) is 0 Å². The minimum absolute atomic E-state index is 0.0123. The lowest BCUT2D eigenvalue weighted by Crippen LogP contribution is -2.51. The number of nitrogens with one attached hydrogen (secondary N) is 2. The number of hydrogen-bond donors (Lipinski definition) is 2. The second-order valence-electron chi connectivity index (χ2n) is 5.79. The van der Waals surface area contributed by atoms with Gasteiger partial charge < -0.3 is 10.6 Å². The highest BCUT2D eigenvalue weighted by molar-refractivity contribution is 6.44. The van der Waals surface area contributed by atoms with Crippen LogP contribution >= 0.6 is 23.2 Å². The highest BCUT2D eigenvalue weighted by Gasteiger charge is 2.20. The van der Waals surface area contributed by atoms with E-state index < -0.39 is 0 Å². The second-order valence-corrected chi connectivity index (χ2v) is 6.58. The van der Waals surface area contributed by atoms with E-state index in [0.717, 1.165) is 26.2 Å². The molecular weight excluding hydrogens is 363 g/mol. The van der Waals surface area contributed by atoms with Gasteiger partial charge in [0.25, 0.3) is 0 Å². The molecule has 6 nitrogen and oxygen atoms in total. The van der Waals surface area contributed by atoms with Gasteiger partial charge in [-0.25, -0.2) is 0 Å². The van der Waals surface area contributed by atoms with Gasteiger partial charge in [-0.15, -0.1) is 6.58 Å². The summed E-state index contributed by atoms with van der Waals surface area (Å²) in [5, 5.41) is 6.29. The fourth-order valence-electron chi connectivity index (χ4n) is 2.54. The van der Waals surface area contributed by atoms with Crippen LogP contribution in [0.4, 0.5) is 5.69 Å². The number of amides is 2. The summed E-state index contributed by atoms with van der Waals surface area (Å²) in [5.41, 5.74) is 0.511. The predicted molar refractivity (Wildman–Crippen MR) is 101 cm³/mol. The fraction of sp³-hybridized carbons (Fsp3) is 0.412. The van der Waals surface area contributed by atoms with E-state index in [-0.39, 0.29) is 18.4 Å². The third-order valence-corrected chi connectivity index (χ3v) is 4.69. The maximum atomic E-state index is 12.2. The molecule has 0 aromatic heterocycles. The summed E-state index contributed by atoms with van der Waals surface area (Å²) >= 11 is 12.0. The number of halogens is 2. The van der Waals surface area contributed by atoms with E-state index in [1.165, 1.54) is 0 Å². The van der Waals surface area contributed by atoms with Crippen molar-refractivity contribution in [3.8, 4) is 0 Å². The Hall–Kier alpha value is -1.60. The third-order valence-electron chi connectivity index (χ3n) is 3.87. The van der Waals surface area contributed by atoms with Crippen LogP contribution in [0.1, 0.15) is 0 Å². The Morgan fingerprint density at radius 1 is 1.08 bits per heavy atom. The molecule has 0 radical (unpaired) electrons. The number of benzene rings is 1. The zero-order valence-electron chi connectivity index (χ0n) is 13.9. The quantitative estimate of drug-likeness (QED) is 0.704. The van der Waals surface area contributed by atoms with Crippen LogP contribution in [0, 0.1) is 0 Å². The van der Waals surface area contributed by atoms with Crippen molar-refractivity contribution >= 4 is 40.7 Å². The third kappa shape index (κ3) is 6.32. The summed E-state index contributed by atoms with van der Waals surface area (Å²) in [6.45, 7) is 7.63. The molecule has 1 saturated heterocycles. The maximum absolute atomic E-state index is 12.2. The Kier molecular flexibility index (Phi) is 7.71. The lowest BCUT2D eigenvalue weighted by atomic mass is 10.3. The van der Waals surface area contributed by atoms with Gasteiger partial charge in [0, 0.05) is 32.7 Å². The molecule has 2 amide bonds. The molecule has 0 saturated carbocycles. The van der Waals surface area contributed by atoms with Crippen molar-refractivity contribution in [2.75, 3.05) is 51.1 Å². The zero-order valence-corrected chi connectivity index (χ0v) is 15.4. The van der Waals surface area contributed by atoms with Crippen LogP contribution in [0.3, 0.4) is 0 Å². The molecule has 0 bridgehead atoms. The molecule has 1 aromatic rings. The molecule has 25 heavy (non-hydrogen) atoms. The van der Waals surface area contributed by atoms with Gasteiger partial charge in [0.2, 0.25) is 11.8 Å². The first-order valence-corrected chi connectivity index (χ1v) is 8.81. The standard InChI is InChI=1S/C17H22Cl2N4O2/c1-2-6-20-15(24)11-22-7-9-23(10-8-22)12-16(25)21-14-5-3-4-13(18)17(14)19/h2-5H,1,6-12H2,(H,20,24)(H,21,25). The van der Waals surface area contributed by atoms with Crippen LogP contribution < -0.4 is 10.6 Å². The molecular formula is C17H22Cl2N4O2. The van der Waals surface area contributed by atoms with E-state index in [2.05, 4.69) is 22.1 Å². The highest BCUT2D eigenvalue weighted by atomic mass is 35.5. The molecule has 2 rings (SSSR count). The van der Waals surface area contributed by atoms with Crippen molar-refractivity contribution in [2.45, 2.75) is 0 Å². The van der Waals surface area contributed by atoms with Crippen molar-refractivity contribution in [3.05, 3.63) is 40.9 Å². The average Bonchev–Trinajstić information content (AvgIpc) is 2.59. The van der Waals surface area contributed by atoms with Gasteiger partial charge in [-0.05, 0) is 12.1 Å². The summed E-state index contributed by atoms with van der Waals surface area (Å²) in [7, 11) is 0. The van der Waals surface area contributed by atoms with Gasteiger partial charge in [0.05, 0.1) is 28.8 Å². The summed E-state index contributed by atoms with van der Waals surface area (Å²) in [5.74, 6) is -0.150. The van der Waals surface area contributed by atoms with E-state index in [4.69, 9.17) is 23.2 Å². The van der Waals surface area contributed by atoms with Crippen molar-refractivity contribution in [3.63, 3.8) is 0 Å². The van der Waals surface area contributed by atoms with E-state index in [1.807, 2.05) is 4.90 Å². The first kappa shape index (κ1) is 19.7. The first-order chi connectivity index (χ1) is 12.0. The van der Waals surface area contributed by atoms with Crippen LogP contribution in [0.2, 0.25) is 10.0 Å². The van der Waals surface area contributed by atoms with E-state index in [1.54, 1.807) is 24.3 Å². The Balaban J connectivity index is 1.74. The minimum Gasteiger partial charge on any atom is -0.352 e. The molecule has 0 spiro atoms. The van der Waals surface area contributed by atoms with Crippen molar-refractivity contribution in [1.82, 2.24) is 15.1 Å². The number of hydrogen-bond acceptors (Lipinski definition) is 4. The molecule has 1 fully saturated rings. The summed E-state index contributed by atoms with van der Waals surface area (Å²) < 4.78 is 0. The molecule has 1 aromatic carbocycles. The van der Waals surface area contributed by atoms with Gasteiger partial charge in [0.1, 0.15) is 0 Å². The Labute approximate surface area is 157 Å². The van der Waals surface area contributed by atoms with Crippen LogP contribution in [-0.2, 0) is 9.59 Å². The molecule has 136 valence electrons. The van der Waals surface area contributed by atoms with E-state index >= 15 is 0 Å². The lowest BCUT2D eigenvalue weighted by Gasteiger charge is -2.33. The Bertz CT molecular complexity index is 631. The second kappa shape index (κ2) is 9.77. The SMILES string of the molecule is C=CCNC(=O)CN1CCN(CC(=O)Nc2cccc(Cl)c2Cl)CC1. The monoisotopic (exact) mass is 384 g/mol. The zero-order chi connectivity index (χ0) is 18.2. The lowest BCUT2D eigenvalue weighted by molar-refractivity contribution is -0.123. The van der Waals surface area contributed by atoms with Gasteiger partial charge in [-0.3, -0.25) is 19.4 Å².